The summed E-state index contributed by atoms with van der Waals surface area (Å²) in [4.78, 5) is 35.2. The molecule has 1 rings (SSSR count). The monoisotopic (exact) mass is 450 g/mol. The second-order valence-electron chi connectivity index (χ2n) is 7.90. The van der Waals surface area contributed by atoms with E-state index >= 15 is 0 Å². The third-order valence-corrected chi connectivity index (χ3v) is 5.19. The Morgan fingerprint density at radius 1 is 1.19 bits per heavy atom. The number of carbonyl (C=O) groups excluding carboxylic acids is 3. The van der Waals surface area contributed by atoms with Gasteiger partial charge < -0.3 is 30.4 Å². The molecule has 0 saturated heterocycles. The third kappa shape index (κ3) is 12.8. The van der Waals surface area contributed by atoms with Gasteiger partial charge in [0.1, 0.15) is 18.6 Å². The van der Waals surface area contributed by atoms with Gasteiger partial charge in [-0.1, -0.05) is 39.5 Å². The van der Waals surface area contributed by atoms with Crippen LogP contribution in [0.15, 0.2) is 0 Å². The molecule has 1 aliphatic carbocycles. The van der Waals surface area contributed by atoms with Crippen molar-refractivity contribution in [2.24, 2.45) is 17.6 Å². The van der Waals surface area contributed by atoms with Gasteiger partial charge in [0, 0.05) is 41.4 Å². The maximum atomic E-state index is 12.2. The number of Topliss-reactive ketones (excluding diaryl/α,β-unsaturated/α-hetero) is 1. The lowest BCUT2D eigenvalue weighted by Crippen LogP contribution is -2.45. The summed E-state index contributed by atoms with van der Waals surface area (Å²) in [5.74, 6) is -1.72. The van der Waals surface area contributed by atoms with E-state index < -0.39 is 17.9 Å². The number of aliphatic hydroxyl groups is 1. The van der Waals surface area contributed by atoms with E-state index in [4.69, 9.17) is 15.2 Å². The van der Waals surface area contributed by atoms with Crippen molar-refractivity contribution in [3.8, 4) is 0 Å². The number of aliphatic hydroxyl groups excluding tert-OH is 1. The van der Waals surface area contributed by atoms with Crippen molar-refractivity contribution in [2.75, 3.05) is 34.2 Å². The first kappa shape index (κ1) is 29.5. The van der Waals surface area contributed by atoms with E-state index in [1.807, 2.05) is 6.92 Å². The average Bonchev–Trinajstić information content (AvgIpc) is 3.16. The molecule has 0 bridgehead atoms. The van der Waals surface area contributed by atoms with Crippen LogP contribution in [-0.4, -0.2) is 69.1 Å². The van der Waals surface area contributed by atoms with Gasteiger partial charge in [-0.25, -0.2) is 4.79 Å². The Morgan fingerprint density at radius 2 is 1.84 bits per heavy atom. The first-order valence-corrected chi connectivity index (χ1v) is 11.2. The van der Waals surface area contributed by atoms with Crippen LogP contribution < -0.4 is 11.1 Å². The van der Waals surface area contributed by atoms with Crippen molar-refractivity contribution in [3.05, 3.63) is 0 Å². The van der Waals surface area contributed by atoms with Crippen LogP contribution in [0.2, 0.25) is 0 Å². The maximum absolute atomic E-state index is 12.2. The Morgan fingerprint density at radius 3 is 2.39 bits per heavy atom. The van der Waals surface area contributed by atoms with Crippen LogP contribution in [0.5, 0.6) is 0 Å². The van der Waals surface area contributed by atoms with Gasteiger partial charge in [-0.3, -0.25) is 9.59 Å². The molecule has 0 aromatic heterocycles. The number of rotatable bonds is 14. The molecule has 9 heteroatoms. The van der Waals surface area contributed by atoms with Crippen molar-refractivity contribution in [3.63, 3.8) is 0 Å². The van der Waals surface area contributed by atoms with E-state index in [1.54, 1.807) is 7.11 Å². The molecule has 4 N–H and O–H groups in total. The number of ether oxygens (including phenoxy) is 3. The molecule has 1 amide bonds. The second kappa shape index (κ2) is 18.1. The zero-order valence-corrected chi connectivity index (χ0v) is 19.6. The largest absolute Gasteiger partial charge is 0.467 e. The zero-order valence-electron chi connectivity index (χ0n) is 19.6. The van der Waals surface area contributed by atoms with Crippen LogP contribution in [0.25, 0.3) is 0 Å². The lowest BCUT2D eigenvalue weighted by Gasteiger charge is -2.21. The lowest BCUT2D eigenvalue weighted by atomic mass is 9.95. The Balaban J connectivity index is -0.000000598. The molecule has 186 valence electrons. The number of ketones is 1. The van der Waals surface area contributed by atoms with Gasteiger partial charge in [0.25, 0.3) is 0 Å². The molecular weight excluding hydrogens is 404 g/mol. The topological polar surface area (TPSA) is 137 Å². The Hall–Kier alpha value is -1.55. The molecule has 9 nitrogen and oxygen atoms in total. The van der Waals surface area contributed by atoms with Gasteiger partial charge in [0.15, 0.2) is 0 Å². The van der Waals surface area contributed by atoms with Crippen LogP contribution >= 0.6 is 0 Å². The number of amides is 1. The van der Waals surface area contributed by atoms with E-state index in [-0.39, 0.29) is 46.0 Å². The minimum atomic E-state index is -0.678. The van der Waals surface area contributed by atoms with E-state index in [9.17, 15) is 19.5 Å². The number of hydrogen-bond acceptors (Lipinski definition) is 8. The zero-order chi connectivity index (χ0) is 23.6. The molecular formula is C22H46N2O7. The highest BCUT2D eigenvalue weighted by molar-refractivity contribution is 5.92. The predicted octanol–water partition coefficient (Wildman–Crippen LogP) is 2.04. The van der Waals surface area contributed by atoms with Crippen LogP contribution in [0.3, 0.4) is 0 Å². The molecule has 0 aliphatic heterocycles. The fraction of sp³-hybridized carbons (Fsp3) is 0.864. The van der Waals surface area contributed by atoms with E-state index in [0.29, 0.717) is 19.8 Å². The molecule has 0 heterocycles. The summed E-state index contributed by atoms with van der Waals surface area (Å²) in [6.45, 7) is 4.91. The highest BCUT2D eigenvalue weighted by atomic mass is 16.7. The summed E-state index contributed by atoms with van der Waals surface area (Å²) in [5.41, 5.74) is 5.72. The normalized spacial score (nSPS) is 19.9. The molecule has 0 aromatic carbocycles. The van der Waals surface area contributed by atoms with Gasteiger partial charge in [0.2, 0.25) is 5.91 Å². The van der Waals surface area contributed by atoms with Gasteiger partial charge in [-0.15, -0.1) is 0 Å². The molecule has 1 aliphatic rings. The Labute approximate surface area is 189 Å². The fourth-order valence-electron chi connectivity index (χ4n) is 3.34. The molecule has 1 saturated carbocycles. The predicted molar refractivity (Wildman–Crippen MR) is 121 cm³/mol. The number of hydrogen-bond donors (Lipinski definition) is 3. The van der Waals surface area contributed by atoms with E-state index in [0.717, 1.165) is 19.3 Å². The molecule has 31 heavy (non-hydrogen) atoms. The number of nitrogens with two attached hydrogens (primary N) is 1. The summed E-state index contributed by atoms with van der Waals surface area (Å²) in [6.07, 6.45) is 6.00. The number of unbranched alkanes of at least 4 members (excludes halogenated alkanes) is 2. The number of carbonyl (C=O) groups is 3. The quantitative estimate of drug-likeness (QED) is 0.208. The van der Waals surface area contributed by atoms with Crippen LogP contribution in [0, 0.1) is 11.8 Å². The van der Waals surface area contributed by atoms with E-state index in [1.165, 1.54) is 20.0 Å². The van der Waals surface area contributed by atoms with Crippen LogP contribution in [0.1, 0.15) is 68.1 Å². The van der Waals surface area contributed by atoms with Gasteiger partial charge in [0.05, 0.1) is 19.6 Å². The number of esters is 1. The highest BCUT2D eigenvalue weighted by Gasteiger charge is 2.38. The summed E-state index contributed by atoms with van der Waals surface area (Å²) < 4.78 is 14.5. The minimum absolute atomic E-state index is 0. The SMILES string of the molecule is CCCC[C@H](N)COCOC.CCCC[C@H](NC(=O)[C@@H]1CC(=O)C[C@H]1CO)C(=O)OC.[HH].[HH]. The van der Waals surface area contributed by atoms with Crippen molar-refractivity contribution < 1.29 is 36.6 Å². The third-order valence-electron chi connectivity index (χ3n) is 5.19. The van der Waals surface area contributed by atoms with E-state index in [2.05, 4.69) is 17.0 Å². The molecule has 0 unspecified atom stereocenters. The first-order chi connectivity index (χ1) is 14.8. The summed E-state index contributed by atoms with van der Waals surface area (Å²) >= 11 is 0. The van der Waals surface area contributed by atoms with Gasteiger partial charge >= 0.3 is 5.97 Å². The minimum Gasteiger partial charge on any atom is -0.467 e. The molecule has 4 atom stereocenters. The first-order valence-electron chi connectivity index (χ1n) is 11.2. The molecule has 0 radical (unpaired) electrons. The van der Waals surface area contributed by atoms with Gasteiger partial charge in [-0.05, 0) is 12.8 Å². The second-order valence-corrected chi connectivity index (χ2v) is 7.90. The average molecular weight is 451 g/mol. The molecule has 0 spiro atoms. The Bertz CT molecular complexity index is 527. The fourth-order valence-corrected chi connectivity index (χ4v) is 3.34. The smallest absolute Gasteiger partial charge is 0.328 e. The standard InChI is InChI=1S/C14H23NO5.C8H19NO2.2H2/c1-3-4-5-12(14(19)20-2)15-13(18)11-7-10(17)6-9(11)8-16;1-3-4-5-8(9)6-11-7-10-2;;/h9,11-12,16H,3-8H2,1-2H3,(H,15,18);8H,3-7,9H2,1-2H3;2*1H/t9-,11+,12-;8-;;/m00../s1. The summed E-state index contributed by atoms with van der Waals surface area (Å²) in [5, 5.41) is 11.9. The lowest BCUT2D eigenvalue weighted by molar-refractivity contribution is -0.146. The van der Waals surface area contributed by atoms with Crippen molar-refractivity contribution in [2.45, 2.75) is 77.3 Å². The van der Waals surface area contributed by atoms with Crippen molar-refractivity contribution >= 4 is 17.7 Å². The van der Waals surface area contributed by atoms with Gasteiger partial charge in [-0.2, -0.15) is 0 Å². The van der Waals surface area contributed by atoms with Crippen molar-refractivity contribution in [1.29, 1.82) is 0 Å². The van der Waals surface area contributed by atoms with Crippen LogP contribution in [-0.2, 0) is 28.6 Å². The number of nitrogens with one attached hydrogen (secondary N) is 1. The molecule has 1 fully saturated rings. The maximum Gasteiger partial charge on any atom is 0.328 e. The van der Waals surface area contributed by atoms with Crippen molar-refractivity contribution in [1.82, 2.24) is 5.32 Å². The summed E-state index contributed by atoms with van der Waals surface area (Å²) in [7, 11) is 2.89. The Kier molecular flexibility index (Phi) is 17.2. The molecule has 0 aromatic rings. The van der Waals surface area contributed by atoms with Crippen LogP contribution in [0.4, 0.5) is 0 Å². The highest BCUT2D eigenvalue weighted by Crippen LogP contribution is 2.29. The number of methoxy groups -OCH3 is 2. The summed E-state index contributed by atoms with van der Waals surface area (Å²) in [6, 6.07) is -0.507.